The van der Waals surface area contributed by atoms with Crippen LogP contribution >= 0.6 is 0 Å². The van der Waals surface area contributed by atoms with Gasteiger partial charge in [-0.25, -0.2) is 0 Å². The number of nitrogens with one attached hydrogen (secondary N) is 1. The van der Waals surface area contributed by atoms with E-state index < -0.39 is 11.7 Å². The van der Waals surface area contributed by atoms with Gasteiger partial charge in [0.05, 0.1) is 12.7 Å². The van der Waals surface area contributed by atoms with Gasteiger partial charge in [0, 0.05) is 31.1 Å². The van der Waals surface area contributed by atoms with Crippen LogP contribution in [0.5, 0.6) is 5.75 Å². The van der Waals surface area contributed by atoms with Crippen molar-refractivity contribution in [1.82, 2.24) is 10.2 Å². The van der Waals surface area contributed by atoms with E-state index in [1.54, 1.807) is 12.0 Å². The fourth-order valence-corrected chi connectivity index (χ4v) is 4.69. The molecule has 176 valence electrons. The van der Waals surface area contributed by atoms with Gasteiger partial charge in [0.25, 0.3) is 5.91 Å². The van der Waals surface area contributed by atoms with Crippen molar-refractivity contribution in [3.63, 3.8) is 0 Å². The number of benzene rings is 2. The summed E-state index contributed by atoms with van der Waals surface area (Å²) < 4.78 is 43.4. The van der Waals surface area contributed by atoms with Crippen LogP contribution in [0.2, 0.25) is 0 Å². The Morgan fingerprint density at radius 1 is 1.12 bits per heavy atom. The van der Waals surface area contributed by atoms with Crippen LogP contribution < -0.4 is 10.1 Å². The van der Waals surface area contributed by atoms with Gasteiger partial charge < -0.3 is 15.0 Å². The molecule has 1 saturated carbocycles. The summed E-state index contributed by atoms with van der Waals surface area (Å²) in [5.74, 6) is 0.544. The Labute approximate surface area is 190 Å². The lowest BCUT2D eigenvalue weighted by atomic mass is 9.90. The molecule has 4 rings (SSSR count). The maximum absolute atomic E-state index is 12.7. The summed E-state index contributed by atoms with van der Waals surface area (Å²) in [5.41, 5.74) is 0.517. The Morgan fingerprint density at radius 2 is 1.82 bits per heavy atom. The third kappa shape index (κ3) is 5.15. The van der Waals surface area contributed by atoms with Gasteiger partial charge in [-0.05, 0) is 73.1 Å². The Kier molecular flexibility index (Phi) is 6.36. The van der Waals surface area contributed by atoms with Gasteiger partial charge in [-0.3, -0.25) is 9.59 Å². The minimum absolute atomic E-state index is 0.0360. The largest absolute Gasteiger partial charge is 0.497 e. The fourth-order valence-electron chi connectivity index (χ4n) is 4.69. The highest BCUT2D eigenvalue weighted by molar-refractivity contribution is 5.94. The van der Waals surface area contributed by atoms with Gasteiger partial charge in [-0.15, -0.1) is 0 Å². The second-order valence-electron chi connectivity index (χ2n) is 8.88. The zero-order valence-electron chi connectivity index (χ0n) is 18.5. The van der Waals surface area contributed by atoms with Gasteiger partial charge >= 0.3 is 6.18 Å². The molecule has 33 heavy (non-hydrogen) atoms. The molecule has 1 spiro atoms. The minimum Gasteiger partial charge on any atom is -0.497 e. The highest BCUT2D eigenvalue weighted by Gasteiger charge is 2.58. The molecule has 2 fully saturated rings. The van der Waals surface area contributed by atoms with E-state index in [1.807, 2.05) is 24.3 Å². The average Bonchev–Trinajstić information content (AvgIpc) is 3.52. The Bertz CT molecular complexity index is 1010. The normalized spacial score (nSPS) is 19.3. The van der Waals surface area contributed by atoms with Crippen molar-refractivity contribution in [2.24, 2.45) is 11.3 Å². The van der Waals surface area contributed by atoms with E-state index in [0.29, 0.717) is 19.6 Å². The van der Waals surface area contributed by atoms with Crippen LogP contribution in [0.25, 0.3) is 0 Å². The monoisotopic (exact) mass is 460 g/mol. The van der Waals surface area contributed by atoms with E-state index in [4.69, 9.17) is 4.74 Å². The summed E-state index contributed by atoms with van der Waals surface area (Å²) in [7, 11) is 1.62. The van der Waals surface area contributed by atoms with Crippen molar-refractivity contribution in [2.45, 2.75) is 31.9 Å². The number of methoxy groups -OCH3 is 1. The van der Waals surface area contributed by atoms with Gasteiger partial charge in [-0.2, -0.15) is 13.2 Å². The van der Waals surface area contributed by atoms with Crippen LogP contribution in [-0.4, -0.2) is 43.5 Å². The van der Waals surface area contributed by atoms with Crippen molar-refractivity contribution < 1.29 is 27.5 Å². The molecule has 2 amide bonds. The molecule has 1 saturated heterocycles. The van der Waals surface area contributed by atoms with Crippen LogP contribution in [0, 0.1) is 11.3 Å². The van der Waals surface area contributed by atoms with E-state index in [0.717, 1.165) is 49.1 Å². The van der Waals surface area contributed by atoms with Gasteiger partial charge in [0.2, 0.25) is 5.91 Å². The first kappa shape index (κ1) is 23.1. The van der Waals surface area contributed by atoms with Gasteiger partial charge in [-0.1, -0.05) is 12.1 Å². The molecular formula is C25H27F3N2O3. The summed E-state index contributed by atoms with van der Waals surface area (Å²) in [6.07, 6.45) is -1.42. The number of nitrogens with zero attached hydrogens (tertiary/aromatic N) is 1. The number of hydrogen-bond acceptors (Lipinski definition) is 3. The number of carbonyl (C=O) groups is 2. The molecule has 0 radical (unpaired) electrons. The number of rotatable bonds is 6. The number of carbonyl (C=O) groups excluding carboxylic acids is 2. The molecule has 8 heteroatoms. The van der Waals surface area contributed by atoms with Crippen molar-refractivity contribution in [2.75, 3.05) is 26.7 Å². The van der Waals surface area contributed by atoms with Crippen LogP contribution in [0.1, 0.15) is 40.7 Å². The molecule has 2 aromatic carbocycles. The number of likely N-dealkylation sites (tertiary alicyclic amines) is 1. The number of hydrogen-bond donors (Lipinski definition) is 1. The lowest BCUT2D eigenvalue weighted by Gasteiger charge is -2.33. The second kappa shape index (κ2) is 9.08. The number of piperidine rings is 1. The van der Waals surface area contributed by atoms with Crippen LogP contribution in [0.4, 0.5) is 13.2 Å². The van der Waals surface area contributed by atoms with Gasteiger partial charge in [0.15, 0.2) is 0 Å². The first-order chi connectivity index (χ1) is 15.7. The SMILES string of the molecule is COc1cccc(CCNC(=O)C2CC23CCN(C(=O)c2ccc(C(F)(F)F)cc2)CC3)c1. The predicted octanol–water partition coefficient (Wildman–Crippen LogP) is 4.32. The Balaban J connectivity index is 1.24. The third-order valence-electron chi connectivity index (χ3n) is 6.86. The highest BCUT2D eigenvalue weighted by Crippen LogP contribution is 2.59. The molecular weight excluding hydrogens is 433 g/mol. The molecule has 0 bridgehead atoms. The Morgan fingerprint density at radius 3 is 2.45 bits per heavy atom. The molecule has 0 aromatic heterocycles. The average molecular weight is 460 g/mol. The van der Waals surface area contributed by atoms with Crippen molar-refractivity contribution in [3.05, 3.63) is 65.2 Å². The maximum atomic E-state index is 12.7. The second-order valence-corrected chi connectivity index (χ2v) is 8.88. The fraction of sp³-hybridized carbons (Fsp3) is 0.440. The van der Waals surface area contributed by atoms with E-state index in [2.05, 4.69) is 5.32 Å². The standard InChI is InChI=1S/C25H27F3N2O3/c1-33-20-4-2-3-17(15-20)9-12-29-22(31)21-16-24(21)10-13-30(14-11-24)23(32)18-5-7-19(8-6-18)25(26,27)28/h2-8,15,21H,9-14,16H2,1H3,(H,29,31). The third-order valence-corrected chi connectivity index (χ3v) is 6.86. The molecule has 5 nitrogen and oxygen atoms in total. The van der Waals surface area contributed by atoms with E-state index >= 15 is 0 Å². The Hall–Kier alpha value is -3.03. The summed E-state index contributed by atoms with van der Waals surface area (Å²) in [6.45, 7) is 1.57. The zero-order chi connectivity index (χ0) is 23.6. The maximum Gasteiger partial charge on any atom is 0.416 e. The number of amides is 2. The van der Waals surface area contributed by atoms with Crippen LogP contribution in [-0.2, 0) is 17.4 Å². The van der Waals surface area contributed by atoms with Crippen molar-refractivity contribution in [1.29, 1.82) is 0 Å². The molecule has 1 aliphatic heterocycles. The van der Waals surface area contributed by atoms with Gasteiger partial charge in [0.1, 0.15) is 5.75 Å². The van der Waals surface area contributed by atoms with Crippen molar-refractivity contribution in [3.8, 4) is 5.75 Å². The number of halogens is 3. The summed E-state index contributed by atoms with van der Waals surface area (Å²) >= 11 is 0. The van der Waals surface area contributed by atoms with E-state index in [-0.39, 0.29) is 28.7 Å². The molecule has 1 N–H and O–H groups in total. The molecule has 1 aliphatic carbocycles. The molecule has 1 atom stereocenters. The van der Waals surface area contributed by atoms with Crippen LogP contribution in [0.15, 0.2) is 48.5 Å². The molecule has 2 aromatic rings. The molecule has 2 aliphatic rings. The highest BCUT2D eigenvalue weighted by atomic mass is 19.4. The number of alkyl halides is 3. The minimum atomic E-state index is -4.42. The lowest BCUT2D eigenvalue weighted by molar-refractivity contribution is -0.137. The first-order valence-electron chi connectivity index (χ1n) is 11.1. The zero-order valence-corrected chi connectivity index (χ0v) is 18.5. The summed E-state index contributed by atoms with van der Waals surface area (Å²) in [5, 5.41) is 3.03. The number of ether oxygens (including phenoxy) is 1. The van der Waals surface area contributed by atoms with Crippen molar-refractivity contribution >= 4 is 11.8 Å². The quantitative estimate of drug-likeness (QED) is 0.699. The van der Waals surface area contributed by atoms with E-state index in [1.165, 1.54) is 12.1 Å². The van der Waals surface area contributed by atoms with Crippen LogP contribution in [0.3, 0.4) is 0 Å². The topological polar surface area (TPSA) is 58.6 Å². The first-order valence-corrected chi connectivity index (χ1v) is 11.1. The summed E-state index contributed by atoms with van der Waals surface area (Å²) in [4.78, 5) is 27.0. The predicted molar refractivity (Wildman–Crippen MR) is 117 cm³/mol. The lowest BCUT2D eigenvalue weighted by Crippen LogP contribution is -2.40. The smallest absolute Gasteiger partial charge is 0.416 e. The molecule has 1 unspecified atom stereocenters. The molecule has 1 heterocycles. The van der Waals surface area contributed by atoms with E-state index in [9.17, 15) is 22.8 Å². The summed E-state index contributed by atoms with van der Waals surface area (Å²) in [6, 6.07) is 12.1.